The molecule has 5 aliphatic rings. The maximum atomic E-state index is 15.0. The standard InChI is InChI=1S/C61H79BN6O11/c1-11-12-15-37-17-20-39(21-18-37)40-22-24-41(25-23-40)54(72)66-46(16-13-14-29-63-58(76)77-59(4,5)6)57(75)68(10)52-42-26-28-49(70)45(32-42)44-30-38(19-27-48(44)69)31-47(67-53(71)35(2)64-56(52)74)55(73)65-36(3)62-78-51-34-43-33-50(60(43,7)8)61(51,9)79-62/h17-28,30,32,35-36,43,46-47,50-52,69-70H,11-16,29,31,33-34H2,1-10H3,(H,63,76)(H,64,74)(H,65,73)(H,66,72)(H,67,71)/t35-,36-,43-,46-,47-,50-,51+,52-,61-/m0/s1. The van der Waals surface area contributed by atoms with Crippen LogP contribution in [0, 0.1) is 17.3 Å². The number of hydrogen-bond donors (Lipinski definition) is 7. The Kier molecular flexibility index (Phi) is 17.6. The van der Waals surface area contributed by atoms with Crippen LogP contribution >= 0.6 is 0 Å². The number of carbonyl (C=O) groups is 6. The van der Waals surface area contributed by atoms with E-state index in [2.05, 4.69) is 78.5 Å². The van der Waals surface area contributed by atoms with Crippen molar-refractivity contribution in [2.45, 2.75) is 168 Å². The number of aromatic hydroxyl groups is 2. The van der Waals surface area contributed by atoms with Gasteiger partial charge in [0.2, 0.25) is 23.6 Å². The van der Waals surface area contributed by atoms with Crippen molar-refractivity contribution in [3.8, 4) is 33.8 Å². The van der Waals surface area contributed by atoms with E-state index in [1.54, 1.807) is 52.0 Å². The van der Waals surface area contributed by atoms with Gasteiger partial charge in [-0.2, -0.15) is 0 Å². The van der Waals surface area contributed by atoms with Crippen LogP contribution in [0.2, 0.25) is 0 Å². The van der Waals surface area contributed by atoms with Crippen LogP contribution in [0.4, 0.5) is 4.79 Å². The second-order valence-electron chi connectivity index (χ2n) is 23.9. The number of hydrogen-bond acceptors (Lipinski definition) is 11. The highest BCUT2D eigenvalue weighted by Crippen LogP contribution is 2.65. The fourth-order valence-corrected chi connectivity index (χ4v) is 11.9. The van der Waals surface area contributed by atoms with Gasteiger partial charge in [-0.25, -0.2) is 4.79 Å². The van der Waals surface area contributed by atoms with Crippen molar-refractivity contribution in [1.29, 1.82) is 0 Å². The lowest BCUT2D eigenvalue weighted by Crippen LogP contribution is -2.65. The first-order valence-electron chi connectivity index (χ1n) is 28.0. The predicted octanol–water partition coefficient (Wildman–Crippen LogP) is 8.09. The van der Waals surface area contributed by atoms with E-state index in [-0.39, 0.29) is 59.1 Å². The van der Waals surface area contributed by atoms with Gasteiger partial charge in [0.15, 0.2) is 0 Å². The molecule has 0 unspecified atom stereocenters. The van der Waals surface area contributed by atoms with Crippen LogP contribution in [0.1, 0.15) is 140 Å². The fraction of sp³-hybridized carbons (Fsp3) is 0.508. The Labute approximate surface area is 464 Å². The number of fused-ring (bicyclic) bond motifs is 5. The highest BCUT2D eigenvalue weighted by atomic mass is 16.7. The third-order valence-electron chi connectivity index (χ3n) is 16.7. The molecular weight excluding hydrogens is 1000 g/mol. The summed E-state index contributed by atoms with van der Waals surface area (Å²) in [5.74, 6) is -3.44. The van der Waals surface area contributed by atoms with Crippen LogP contribution in [0.3, 0.4) is 0 Å². The van der Waals surface area contributed by atoms with Crippen LogP contribution in [-0.2, 0) is 46.1 Å². The highest BCUT2D eigenvalue weighted by molar-refractivity contribution is 6.47. The lowest BCUT2D eigenvalue weighted by Gasteiger charge is -2.64. The predicted molar refractivity (Wildman–Crippen MR) is 302 cm³/mol. The molecule has 79 heavy (non-hydrogen) atoms. The molecule has 18 heteroatoms. The highest BCUT2D eigenvalue weighted by Gasteiger charge is 2.68. The molecule has 6 amide bonds. The van der Waals surface area contributed by atoms with Gasteiger partial charge in [-0.1, -0.05) is 75.7 Å². The number of likely N-dealkylation sites (N-methyl/N-ethyl adjacent to an activating group) is 1. The normalized spacial score (nSPS) is 24.0. The van der Waals surface area contributed by atoms with Crippen molar-refractivity contribution >= 4 is 42.7 Å². The monoisotopic (exact) mass is 1080 g/mol. The number of phenolic OH excluding ortho intramolecular Hbond substituents is 2. The van der Waals surface area contributed by atoms with Gasteiger partial charge in [0, 0.05) is 36.7 Å². The average Bonchev–Trinajstić information content (AvgIpc) is 3.98. The second kappa shape index (κ2) is 23.8. The Hall–Kier alpha value is -6.92. The van der Waals surface area contributed by atoms with Gasteiger partial charge in [-0.3, -0.25) is 24.0 Å². The van der Waals surface area contributed by atoms with E-state index in [0.29, 0.717) is 35.8 Å². The number of nitrogens with one attached hydrogen (secondary N) is 5. The molecule has 0 radical (unpaired) electrons. The Bertz CT molecular complexity index is 2910. The minimum atomic E-state index is -1.47. The zero-order chi connectivity index (χ0) is 57.1. The number of phenols is 2. The summed E-state index contributed by atoms with van der Waals surface area (Å²) in [6.07, 6.45) is 5.25. The van der Waals surface area contributed by atoms with E-state index in [4.69, 9.17) is 14.0 Å². The summed E-state index contributed by atoms with van der Waals surface area (Å²) >= 11 is 0. The number of benzene rings is 4. The summed E-state index contributed by atoms with van der Waals surface area (Å²) in [5.41, 5.74) is 3.38. The minimum absolute atomic E-state index is 0.0372. The van der Waals surface area contributed by atoms with Gasteiger partial charge in [0.25, 0.3) is 5.91 Å². The van der Waals surface area contributed by atoms with E-state index >= 15 is 4.79 Å². The lowest BCUT2D eigenvalue weighted by molar-refractivity contribution is -0.199. The molecular formula is C61H79BN6O11. The third kappa shape index (κ3) is 13.1. The molecule has 6 bridgehead atoms. The number of ether oxygens (including phenoxy) is 1. The van der Waals surface area contributed by atoms with Crippen LogP contribution in [-0.4, -0.2) is 113 Å². The largest absolute Gasteiger partial charge is 0.507 e. The van der Waals surface area contributed by atoms with Crippen molar-refractivity contribution in [2.75, 3.05) is 13.6 Å². The first-order valence-corrected chi connectivity index (χ1v) is 28.0. The number of nitrogens with zero attached hydrogens (tertiary/aromatic N) is 1. The number of unbranched alkanes of at least 4 members (excludes halogenated alkanes) is 2. The van der Waals surface area contributed by atoms with Gasteiger partial charge in [0.05, 0.1) is 17.6 Å². The van der Waals surface area contributed by atoms with Gasteiger partial charge in [-0.15, -0.1) is 0 Å². The number of carbonyl (C=O) groups excluding carboxylic acids is 6. The molecule has 0 aromatic heterocycles. The quantitative estimate of drug-likeness (QED) is 0.0419. The summed E-state index contributed by atoms with van der Waals surface area (Å²) < 4.78 is 18.5. The molecule has 2 heterocycles. The van der Waals surface area contributed by atoms with Crippen molar-refractivity contribution in [1.82, 2.24) is 31.5 Å². The van der Waals surface area contributed by atoms with Crippen molar-refractivity contribution in [3.63, 3.8) is 0 Å². The van der Waals surface area contributed by atoms with Crippen molar-refractivity contribution < 1.29 is 53.0 Å². The molecule has 0 spiro atoms. The molecule has 2 aliphatic heterocycles. The smallest absolute Gasteiger partial charge is 0.481 e. The van der Waals surface area contributed by atoms with Crippen molar-refractivity contribution in [3.05, 3.63) is 107 Å². The van der Waals surface area contributed by atoms with Gasteiger partial charge in [0.1, 0.15) is 41.3 Å². The molecule has 4 fully saturated rings. The van der Waals surface area contributed by atoms with E-state index in [1.165, 1.54) is 48.7 Å². The zero-order valence-electron chi connectivity index (χ0n) is 47.4. The van der Waals surface area contributed by atoms with Gasteiger partial charge in [-0.05, 0) is 168 Å². The van der Waals surface area contributed by atoms with Crippen LogP contribution in [0.5, 0.6) is 11.5 Å². The summed E-state index contributed by atoms with van der Waals surface area (Å²) in [6.45, 7) is 17.6. The molecule has 9 atom stereocenters. The summed E-state index contributed by atoms with van der Waals surface area (Å²) in [7, 11) is 0.674. The number of amides is 6. The van der Waals surface area contributed by atoms with Gasteiger partial charge < -0.3 is 55.7 Å². The molecule has 4 aromatic carbocycles. The first kappa shape index (κ1) is 58.2. The SMILES string of the molecule is CCCCc1ccc(-c2ccc(C(=O)N[C@@H](CCCCNC(=O)OC(C)(C)C)C(=O)N(C)[C@@H]3C(=O)N[C@@H](C)C(=O)N[C@H](C(=O)N[C@@H](C)B4O[C@@H]5C[C@@H]6C[C@@H](C6(C)C)[C@]5(C)O4)Cc4ccc(O)c(c4)-c4cc3ccc4O)cc2)cc1. The number of aryl methyl sites for hydroxylation is 1. The topological polar surface area (TPSA) is 234 Å². The molecule has 4 aromatic rings. The first-order chi connectivity index (χ1) is 37.4. The Morgan fingerprint density at radius 3 is 2.16 bits per heavy atom. The molecule has 7 N–H and O–H groups in total. The summed E-state index contributed by atoms with van der Waals surface area (Å²) in [6, 6.07) is 19.3. The average molecular weight is 1080 g/mol. The minimum Gasteiger partial charge on any atom is -0.507 e. The third-order valence-corrected chi connectivity index (χ3v) is 16.7. The van der Waals surface area contributed by atoms with Crippen LogP contribution < -0.4 is 26.6 Å². The summed E-state index contributed by atoms with van der Waals surface area (Å²) in [4.78, 5) is 86.2. The Balaban J connectivity index is 1.04. The molecule has 17 nitrogen and oxygen atoms in total. The maximum absolute atomic E-state index is 15.0. The molecule has 1 saturated heterocycles. The zero-order valence-corrected chi connectivity index (χ0v) is 47.4. The van der Waals surface area contributed by atoms with Crippen LogP contribution in [0.15, 0.2) is 84.9 Å². The molecule has 3 aliphatic carbocycles. The fourth-order valence-electron chi connectivity index (χ4n) is 11.9. The number of rotatable bonds is 16. The summed E-state index contributed by atoms with van der Waals surface area (Å²) in [5, 5.41) is 37.0. The second-order valence-corrected chi connectivity index (χ2v) is 23.9. The van der Waals surface area contributed by atoms with E-state index in [9.17, 15) is 34.2 Å². The Morgan fingerprint density at radius 2 is 1.51 bits per heavy atom. The molecule has 9 rings (SSSR count). The van der Waals surface area contributed by atoms with Gasteiger partial charge >= 0.3 is 13.2 Å². The maximum Gasteiger partial charge on any atom is 0.481 e. The molecule has 3 saturated carbocycles. The van der Waals surface area contributed by atoms with E-state index < -0.39 is 84.1 Å². The number of alkyl carbamates (subject to hydrolysis) is 1. The lowest BCUT2D eigenvalue weighted by atomic mass is 9.43. The van der Waals surface area contributed by atoms with Crippen LogP contribution in [0.25, 0.3) is 22.3 Å². The molecule has 422 valence electrons. The van der Waals surface area contributed by atoms with Crippen molar-refractivity contribution in [2.24, 2.45) is 17.3 Å². The van der Waals surface area contributed by atoms with E-state index in [0.717, 1.165) is 43.2 Å². The Morgan fingerprint density at radius 1 is 0.848 bits per heavy atom. The van der Waals surface area contributed by atoms with E-state index in [1.807, 2.05) is 12.1 Å².